The van der Waals surface area contributed by atoms with E-state index in [4.69, 9.17) is 4.99 Å². The lowest BCUT2D eigenvalue weighted by atomic mass is 9.78. The number of carbonyl (C=O) groups is 2. The van der Waals surface area contributed by atoms with Gasteiger partial charge in [-0.05, 0) is 80.4 Å². The van der Waals surface area contributed by atoms with Crippen molar-refractivity contribution in [1.82, 2.24) is 4.90 Å². The normalized spacial score (nSPS) is 22.9. The van der Waals surface area contributed by atoms with Crippen LogP contribution in [0.25, 0.3) is 0 Å². The first-order valence-electron chi connectivity index (χ1n) is 12.7. The van der Waals surface area contributed by atoms with Gasteiger partial charge in [0.15, 0.2) is 0 Å². The van der Waals surface area contributed by atoms with Crippen molar-refractivity contribution in [2.45, 2.75) is 105 Å². The lowest BCUT2D eigenvalue weighted by molar-refractivity contribution is -0.131. The topological polar surface area (TPSA) is 70.0 Å². The zero-order valence-corrected chi connectivity index (χ0v) is 21.4. The number of unbranched alkanes of at least 4 members (excludes halogenated alkanes) is 1. The van der Waals surface area contributed by atoms with Crippen LogP contribution in [-0.2, 0) is 4.79 Å². The van der Waals surface area contributed by atoms with Gasteiger partial charge < -0.3 is 10.0 Å². The summed E-state index contributed by atoms with van der Waals surface area (Å²) in [6.07, 6.45) is 7.91. The molecule has 33 heavy (non-hydrogen) atoms. The van der Waals surface area contributed by atoms with Crippen LogP contribution in [0.15, 0.2) is 29.3 Å². The third-order valence-corrected chi connectivity index (χ3v) is 7.75. The summed E-state index contributed by atoms with van der Waals surface area (Å²) in [5.74, 6) is 0.267. The molecule has 3 atom stereocenters. The first-order chi connectivity index (χ1) is 15.5. The molecule has 2 aliphatic rings. The summed E-state index contributed by atoms with van der Waals surface area (Å²) in [5, 5.41) is 9.32. The van der Waals surface area contributed by atoms with Crippen LogP contribution in [0.3, 0.4) is 0 Å². The lowest BCUT2D eigenvalue weighted by Gasteiger charge is -2.41. The van der Waals surface area contributed by atoms with Crippen LogP contribution in [0.4, 0.5) is 0 Å². The Morgan fingerprint density at radius 2 is 1.85 bits per heavy atom. The maximum atomic E-state index is 13.8. The average molecular weight is 455 g/mol. The molecule has 0 radical (unpaired) electrons. The van der Waals surface area contributed by atoms with Gasteiger partial charge in [-0.25, -0.2) is 4.79 Å². The number of rotatable bonds is 11. The monoisotopic (exact) mass is 454 g/mol. The van der Waals surface area contributed by atoms with Gasteiger partial charge in [-0.2, -0.15) is 0 Å². The first-order valence-corrected chi connectivity index (χ1v) is 12.7. The maximum Gasteiger partial charge on any atom is 0.335 e. The molecule has 0 saturated heterocycles. The first kappa shape index (κ1) is 25.5. The van der Waals surface area contributed by atoms with Crippen molar-refractivity contribution in [2.24, 2.45) is 22.2 Å². The second-order valence-electron chi connectivity index (χ2n) is 11.5. The summed E-state index contributed by atoms with van der Waals surface area (Å²) in [6.45, 7) is 13.4. The van der Waals surface area contributed by atoms with E-state index in [0.717, 1.165) is 49.8 Å². The van der Waals surface area contributed by atoms with E-state index >= 15 is 0 Å². The Morgan fingerprint density at radius 1 is 1.21 bits per heavy atom. The number of hydrogen-bond acceptors (Lipinski definition) is 3. The van der Waals surface area contributed by atoms with Gasteiger partial charge in [0, 0.05) is 0 Å². The van der Waals surface area contributed by atoms with Gasteiger partial charge in [0.1, 0.15) is 11.4 Å². The molecule has 0 aromatic heterocycles. The van der Waals surface area contributed by atoms with E-state index in [0.29, 0.717) is 11.8 Å². The second-order valence-corrected chi connectivity index (χ2v) is 11.5. The summed E-state index contributed by atoms with van der Waals surface area (Å²) in [7, 11) is 0. The van der Waals surface area contributed by atoms with Gasteiger partial charge >= 0.3 is 5.97 Å². The number of carboxylic acids is 1. The Labute approximate surface area is 199 Å². The van der Waals surface area contributed by atoms with Crippen LogP contribution in [0.5, 0.6) is 0 Å². The van der Waals surface area contributed by atoms with Crippen LogP contribution in [0.2, 0.25) is 0 Å². The lowest BCUT2D eigenvalue weighted by Crippen LogP contribution is -2.47. The molecule has 0 bridgehead atoms. The summed E-state index contributed by atoms with van der Waals surface area (Å²) in [6, 6.07) is 6.97. The number of aliphatic imine (C=N–C) groups is 1. The minimum Gasteiger partial charge on any atom is -0.478 e. The van der Waals surface area contributed by atoms with Crippen molar-refractivity contribution in [3.8, 4) is 0 Å². The Morgan fingerprint density at radius 3 is 2.36 bits per heavy atom. The van der Waals surface area contributed by atoms with Gasteiger partial charge in [-0.15, -0.1) is 0 Å². The SMILES string of the molecule is CCCC[C@H](c1ccc(C(=O)O)cc1)N1C(=O)C(CC2CC2)=NC1(C)CCC(C)C(C)(C)C. The predicted octanol–water partition coefficient (Wildman–Crippen LogP) is 6.88. The molecule has 1 N–H and O–H groups in total. The Bertz CT molecular complexity index is 879. The van der Waals surface area contributed by atoms with Crippen molar-refractivity contribution in [1.29, 1.82) is 0 Å². The van der Waals surface area contributed by atoms with Gasteiger partial charge in [0.05, 0.1) is 11.6 Å². The Balaban J connectivity index is 1.95. The van der Waals surface area contributed by atoms with E-state index in [1.807, 2.05) is 17.0 Å². The molecule has 1 fully saturated rings. The molecule has 5 heteroatoms. The quantitative estimate of drug-likeness (QED) is 0.396. The minimum atomic E-state index is -0.931. The molecule has 1 aliphatic heterocycles. The molecule has 1 aromatic carbocycles. The number of carbonyl (C=O) groups excluding carboxylic acids is 1. The Kier molecular flexibility index (Phi) is 7.70. The summed E-state index contributed by atoms with van der Waals surface area (Å²) in [4.78, 5) is 32.3. The average Bonchev–Trinajstić information content (AvgIpc) is 3.53. The van der Waals surface area contributed by atoms with Gasteiger partial charge in [0.25, 0.3) is 5.91 Å². The minimum absolute atomic E-state index is 0.0798. The molecule has 5 nitrogen and oxygen atoms in total. The fourth-order valence-corrected chi connectivity index (χ4v) is 4.75. The van der Waals surface area contributed by atoms with Gasteiger partial charge in [-0.1, -0.05) is 59.6 Å². The number of nitrogens with zero attached hydrogens (tertiary/aromatic N) is 2. The molecule has 1 aliphatic carbocycles. The fourth-order valence-electron chi connectivity index (χ4n) is 4.75. The van der Waals surface area contributed by atoms with E-state index in [-0.39, 0.29) is 22.9 Å². The summed E-state index contributed by atoms with van der Waals surface area (Å²) >= 11 is 0. The molecular weight excluding hydrogens is 412 g/mol. The van der Waals surface area contributed by atoms with Crippen molar-refractivity contribution in [3.05, 3.63) is 35.4 Å². The zero-order valence-electron chi connectivity index (χ0n) is 21.4. The van der Waals surface area contributed by atoms with E-state index in [1.165, 1.54) is 12.8 Å². The highest BCUT2D eigenvalue weighted by Gasteiger charge is 2.48. The van der Waals surface area contributed by atoms with E-state index in [2.05, 4.69) is 41.5 Å². The number of amides is 1. The highest BCUT2D eigenvalue weighted by atomic mass is 16.4. The highest BCUT2D eigenvalue weighted by Crippen LogP contribution is 2.44. The predicted molar refractivity (Wildman–Crippen MR) is 134 cm³/mol. The molecule has 1 heterocycles. The third-order valence-electron chi connectivity index (χ3n) is 7.75. The largest absolute Gasteiger partial charge is 0.478 e. The smallest absolute Gasteiger partial charge is 0.335 e. The summed E-state index contributed by atoms with van der Waals surface area (Å²) in [5.41, 5.74) is 1.66. The van der Waals surface area contributed by atoms with Crippen molar-refractivity contribution < 1.29 is 14.7 Å². The molecule has 0 spiro atoms. The molecular formula is C28H42N2O3. The molecule has 2 unspecified atom stereocenters. The van der Waals surface area contributed by atoms with Crippen LogP contribution in [0, 0.1) is 17.3 Å². The van der Waals surface area contributed by atoms with Crippen molar-refractivity contribution in [2.75, 3.05) is 0 Å². The van der Waals surface area contributed by atoms with Crippen LogP contribution >= 0.6 is 0 Å². The molecule has 182 valence electrons. The standard InChI is InChI=1S/C28H42N2O3/c1-7-8-9-24(21-12-14-22(15-13-21)26(32)33)30-25(31)23(18-20-10-11-20)29-28(30,6)17-16-19(2)27(3,4)5/h12-15,19-20,24H,7-11,16-18H2,1-6H3,(H,32,33)/t19?,24-,28?/m1/s1. The van der Waals surface area contributed by atoms with Gasteiger partial charge in [-0.3, -0.25) is 9.79 Å². The third kappa shape index (κ3) is 6.04. The van der Waals surface area contributed by atoms with E-state index in [9.17, 15) is 14.7 Å². The van der Waals surface area contributed by atoms with E-state index < -0.39 is 11.6 Å². The number of hydrogen-bond donors (Lipinski definition) is 1. The molecule has 1 amide bonds. The second kappa shape index (κ2) is 9.99. The van der Waals surface area contributed by atoms with Crippen LogP contribution < -0.4 is 0 Å². The number of benzene rings is 1. The zero-order chi connectivity index (χ0) is 24.4. The summed E-state index contributed by atoms with van der Waals surface area (Å²) < 4.78 is 0. The Hall–Kier alpha value is -2.17. The maximum absolute atomic E-state index is 13.8. The van der Waals surface area contributed by atoms with Crippen LogP contribution in [0.1, 0.15) is 115 Å². The molecule has 1 saturated carbocycles. The highest BCUT2D eigenvalue weighted by molar-refractivity contribution is 6.40. The molecule has 1 aromatic rings. The van der Waals surface area contributed by atoms with Crippen LogP contribution in [-0.4, -0.2) is 33.3 Å². The molecule has 3 rings (SSSR count). The number of carboxylic acid groups (broad SMARTS) is 1. The van der Waals surface area contributed by atoms with Crippen molar-refractivity contribution in [3.63, 3.8) is 0 Å². The van der Waals surface area contributed by atoms with E-state index in [1.54, 1.807) is 12.1 Å². The van der Waals surface area contributed by atoms with Crippen molar-refractivity contribution >= 4 is 17.6 Å². The fraction of sp³-hybridized carbons (Fsp3) is 0.679. The number of aromatic carboxylic acids is 1. The van der Waals surface area contributed by atoms with Gasteiger partial charge in [0.2, 0.25) is 0 Å².